The Morgan fingerprint density at radius 2 is 1.96 bits per heavy atom. The number of thioether (sulfide) groups is 1. The van der Waals surface area contributed by atoms with Crippen molar-refractivity contribution < 1.29 is 24.1 Å². The molecule has 0 saturated carbocycles. The van der Waals surface area contributed by atoms with Crippen molar-refractivity contribution in [2.75, 3.05) is 0 Å². The zero-order chi connectivity index (χ0) is 17.7. The van der Waals surface area contributed by atoms with Crippen LogP contribution in [0.2, 0.25) is 0 Å². The topological polar surface area (TPSA) is 107 Å². The van der Waals surface area contributed by atoms with Crippen molar-refractivity contribution in [1.29, 1.82) is 0 Å². The van der Waals surface area contributed by atoms with Crippen molar-refractivity contribution in [3.8, 4) is 0 Å². The van der Waals surface area contributed by atoms with E-state index in [0.29, 0.717) is 0 Å². The molecule has 2 saturated heterocycles. The number of β-lactam (4-membered cyclic amide) rings is 1. The molecule has 8 heteroatoms. The van der Waals surface area contributed by atoms with Gasteiger partial charge in [-0.3, -0.25) is 9.44 Å². The number of benzene rings is 1. The SMILES string of the molecule is CC1(C)S[C@@H]2[C@H](NC(=O)Cc3ccccc3)C(=O)[N+]2([O-])[C@H]1C(=O)O. The number of hydrogen-bond acceptors (Lipinski definition) is 5. The van der Waals surface area contributed by atoms with Gasteiger partial charge in [0.1, 0.15) is 0 Å². The van der Waals surface area contributed by atoms with E-state index in [0.717, 1.165) is 17.3 Å². The number of hydrogen-bond donors (Lipinski definition) is 2. The molecule has 0 bridgehead atoms. The third-order valence-electron chi connectivity index (χ3n) is 4.50. The Morgan fingerprint density at radius 3 is 2.54 bits per heavy atom. The number of carboxylic acids is 1. The Bertz CT molecular complexity index is 708. The summed E-state index contributed by atoms with van der Waals surface area (Å²) >= 11 is 1.16. The standard InChI is InChI=1S/C16H18N2O5S/c1-16(2)12(15(21)22)18(23)13(20)11(14(18)24-16)17-10(19)8-9-6-4-3-5-7-9/h3-7,11-12,14H,8H2,1-2H3,(H,17,19)(H,21,22)/t11-,12+,14-,18?/m1/s1. The van der Waals surface area contributed by atoms with Gasteiger partial charge in [-0.2, -0.15) is 0 Å². The molecule has 24 heavy (non-hydrogen) atoms. The lowest BCUT2D eigenvalue weighted by molar-refractivity contribution is -0.857. The molecule has 0 radical (unpaired) electrons. The average molecular weight is 350 g/mol. The molecule has 3 rings (SSSR count). The van der Waals surface area contributed by atoms with Crippen molar-refractivity contribution in [3.05, 3.63) is 41.1 Å². The van der Waals surface area contributed by atoms with Crippen molar-refractivity contribution >= 4 is 29.5 Å². The second-order valence-electron chi connectivity index (χ2n) is 6.61. The largest absolute Gasteiger partial charge is 0.624 e. The van der Waals surface area contributed by atoms with Crippen molar-refractivity contribution in [1.82, 2.24) is 5.32 Å². The summed E-state index contributed by atoms with van der Waals surface area (Å²) in [5.41, 5.74) is 0.799. The van der Waals surface area contributed by atoms with Crippen LogP contribution in [-0.4, -0.2) is 49.7 Å². The van der Waals surface area contributed by atoms with Gasteiger partial charge in [0.25, 0.3) is 0 Å². The van der Waals surface area contributed by atoms with E-state index in [9.17, 15) is 24.7 Å². The number of nitrogens with one attached hydrogen (secondary N) is 1. The normalized spacial score (nSPS) is 33.5. The van der Waals surface area contributed by atoms with Gasteiger partial charge >= 0.3 is 11.9 Å². The van der Waals surface area contributed by atoms with E-state index in [1.54, 1.807) is 26.0 Å². The number of carboxylic acid groups (broad SMARTS) is 1. The summed E-state index contributed by atoms with van der Waals surface area (Å²) in [7, 11) is 0. The van der Waals surface area contributed by atoms with Crippen LogP contribution in [0.3, 0.4) is 0 Å². The zero-order valence-electron chi connectivity index (χ0n) is 13.3. The van der Waals surface area contributed by atoms with Crippen LogP contribution in [0.15, 0.2) is 30.3 Å². The molecule has 2 aliphatic heterocycles. The van der Waals surface area contributed by atoms with Gasteiger partial charge in [0, 0.05) is 0 Å². The Balaban J connectivity index is 1.73. The van der Waals surface area contributed by atoms with Crippen LogP contribution in [0.1, 0.15) is 19.4 Å². The molecule has 2 amide bonds. The summed E-state index contributed by atoms with van der Waals surface area (Å²) in [6.45, 7) is 3.28. The maximum atomic E-state index is 12.8. The predicted molar refractivity (Wildman–Crippen MR) is 87.6 cm³/mol. The Kier molecular flexibility index (Phi) is 3.94. The van der Waals surface area contributed by atoms with E-state index in [1.807, 2.05) is 18.2 Å². The molecule has 2 N–H and O–H groups in total. The summed E-state index contributed by atoms with van der Waals surface area (Å²) in [4.78, 5) is 35.9. The lowest BCUT2D eigenvalue weighted by atomic mass is 9.94. The maximum Gasteiger partial charge on any atom is 0.364 e. The van der Waals surface area contributed by atoms with E-state index in [1.165, 1.54) is 0 Å². The number of fused-ring (bicyclic) bond motifs is 1. The number of rotatable bonds is 4. The number of aliphatic carboxylic acids is 1. The highest BCUT2D eigenvalue weighted by atomic mass is 32.2. The van der Waals surface area contributed by atoms with Gasteiger partial charge in [-0.25, -0.2) is 9.59 Å². The molecule has 2 aliphatic rings. The molecule has 7 nitrogen and oxygen atoms in total. The van der Waals surface area contributed by atoms with Crippen LogP contribution < -0.4 is 5.32 Å². The third-order valence-corrected chi connectivity index (χ3v) is 6.16. The highest BCUT2D eigenvalue weighted by Gasteiger charge is 2.74. The molecule has 0 spiro atoms. The smallest absolute Gasteiger partial charge is 0.364 e. The van der Waals surface area contributed by atoms with Crippen LogP contribution in [0, 0.1) is 5.21 Å². The number of carbonyl (C=O) groups is 3. The van der Waals surface area contributed by atoms with E-state index >= 15 is 0 Å². The first-order chi connectivity index (χ1) is 11.2. The van der Waals surface area contributed by atoms with Gasteiger partial charge < -0.3 is 15.6 Å². The number of nitrogens with zero attached hydrogens (tertiary/aromatic N) is 1. The summed E-state index contributed by atoms with van der Waals surface area (Å²) in [5, 5.41) is 24.0. The Labute approximate surface area is 143 Å². The minimum absolute atomic E-state index is 0.104. The highest BCUT2D eigenvalue weighted by Crippen LogP contribution is 2.55. The lowest BCUT2D eigenvalue weighted by Gasteiger charge is -2.54. The summed E-state index contributed by atoms with van der Waals surface area (Å²) in [5.74, 6) is -2.43. The molecule has 1 unspecified atom stereocenters. The van der Waals surface area contributed by atoms with Crippen LogP contribution in [-0.2, 0) is 20.8 Å². The van der Waals surface area contributed by atoms with Crippen molar-refractivity contribution in [2.24, 2.45) is 0 Å². The van der Waals surface area contributed by atoms with Gasteiger partial charge in [0.05, 0.1) is 11.2 Å². The molecule has 4 atom stereocenters. The van der Waals surface area contributed by atoms with Gasteiger partial charge in [-0.1, -0.05) is 42.1 Å². The Hall–Kier alpha value is -1.90. The molecule has 0 aliphatic carbocycles. The number of carbonyl (C=O) groups excluding carboxylic acids is 2. The molecule has 128 valence electrons. The summed E-state index contributed by atoms with van der Waals surface area (Å²) < 4.78 is -2.28. The third kappa shape index (κ3) is 2.42. The molecule has 1 aromatic carbocycles. The minimum atomic E-state index is -1.40. The fraction of sp³-hybridized carbons (Fsp3) is 0.438. The summed E-state index contributed by atoms with van der Waals surface area (Å²) in [6, 6.07) is 6.75. The molecule has 2 heterocycles. The molecule has 0 aromatic heterocycles. The van der Waals surface area contributed by atoms with E-state index in [-0.39, 0.29) is 12.3 Å². The second kappa shape index (κ2) is 5.58. The van der Waals surface area contributed by atoms with E-state index in [2.05, 4.69) is 5.32 Å². The fourth-order valence-electron chi connectivity index (χ4n) is 3.46. The maximum absolute atomic E-state index is 12.8. The fourth-order valence-corrected chi connectivity index (χ4v) is 5.17. The Morgan fingerprint density at radius 1 is 1.33 bits per heavy atom. The van der Waals surface area contributed by atoms with E-state index < -0.39 is 38.7 Å². The van der Waals surface area contributed by atoms with Gasteiger partial charge in [0.15, 0.2) is 5.37 Å². The van der Waals surface area contributed by atoms with Crippen LogP contribution in [0.4, 0.5) is 0 Å². The number of quaternary nitrogens is 1. The first-order valence-electron chi connectivity index (χ1n) is 7.55. The molecule has 2 fully saturated rings. The van der Waals surface area contributed by atoms with Crippen LogP contribution in [0.5, 0.6) is 0 Å². The summed E-state index contributed by atoms with van der Waals surface area (Å²) in [6.07, 6.45) is 0.104. The van der Waals surface area contributed by atoms with Gasteiger partial charge in [-0.05, 0) is 19.4 Å². The van der Waals surface area contributed by atoms with Crippen molar-refractivity contribution in [2.45, 2.75) is 42.5 Å². The first-order valence-corrected chi connectivity index (χ1v) is 8.43. The van der Waals surface area contributed by atoms with E-state index in [4.69, 9.17) is 0 Å². The predicted octanol–water partition coefficient (Wildman–Crippen LogP) is 0.873. The van der Waals surface area contributed by atoms with Crippen molar-refractivity contribution in [3.63, 3.8) is 0 Å². The molecular formula is C16H18N2O5S. The first kappa shape index (κ1) is 16.9. The zero-order valence-corrected chi connectivity index (χ0v) is 14.1. The van der Waals surface area contributed by atoms with Gasteiger partial charge in [-0.15, -0.1) is 0 Å². The minimum Gasteiger partial charge on any atom is -0.624 e. The number of amides is 2. The average Bonchev–Trinajstić information content (AvgIpc) is 2.70. The number of hydroxylamine groups is 3. The van der Waals surface area contributed by atoms with Crippen LogP contribution >= 0.6 is 11.8 Å². The van der Waals surface area contributed by atoms with Gasteiger partial charge in [0.2, 0.25) is 18.0 Å². The molecule has 1 aromatic rings. The quantitative estimate of drug-likeness (QED) is 0.474. The van der Waals surface area contributed by atoms with Crippen LogP contribution in [0.25, 0.3) is 0 Å². The monoisotopic (exact) mass is 350 g/mol. The highest BCUT2D eigenvalue weighted by molar-refractivity contribution is 8.01. The second-order valence-corrected chi connectivity index (χ2v) is 8.38. The lowest BCUT2D eigenvalue weighted by Crippen LogP contribution is -2.79. The molecular weight excluding hydrogens is 332 g/mol.